The van der Waals surface area contributed by atoms with E-state index in [1.54, 1.807) is 0 Å². The second-order valence-corrected chi connectivity index (χ2v) is 6.08. The number of fused-ring (bicyclic) bond motifs is 1. The molecule has 1 aromatic carbocycles. The Morgan fingerprint density at radius 3 is 2.83 bits per heavy atom. The van der Waals surface area contributed by atoms with Crippen LogP contribution in [-0.2, 0) is 6.42 Å². The number of aromatic nitrogens is 1. The zero-order valence-electron chi connectivity index (χ0n) is 10.6. The van der Waals surface area contributed by atoms with E-state index in [2.05, 4.69) is 29.2 Å². The molecule has 3 heteroatoms. The van der Waals surface area contributed by atoms with Crippen molar-refractivity contribution in [2.75, 3.05) is 0 Å². The first kappa shape index (κ1) is 11.6. The molecule has 0 saturated heterocycles. The van der Waals surface area contributed by atoms with Crippen LogP contribution in [0, 0.1) is 13.8 Å². The minimum absolute atomic E-state index is 0.248. The van der Waals surface area contributed by atoms with Crippen molar-refractivity contribution in [3.63, 3.8) is 0 Å². The Morgan fingerprint density at radius 1 is 1.39 bits per heavy atom. The van der Waals surface area contributed by atoms with Crippen LogP contribution in [0.15, 0.2) is 24.3 Å². The molecule has 0 bridgehead atoms. The first-order valence-corrected chi connectivity index (χ1v) is 7.02. The van der Waals surface area contributed by atoms with Crippen molar-refractivity contribution >= 4 is 17.1 Å². The van der Waals surface area contributed by atoms with Crippen molar-refractivity contribution in [3.05, 3.63) is 51.0 Å². The number of carbonyl (C=O) groups is 1. The van der Waals surface area contributed by atoms with Gasteiger partial charge in [-0.3, -0.25) is 4.79 Å². The number of ketones is 1. The quantitative estimate of drug-likeness (QED) is 0.785. The van der Waals surface area contributed by atoms with Crippen LogP contribution in [0.5, 0.6) is 0 Å². The van der Waals surface area contributed by atoms with E-state index in [-0.39, 0.29) is 5.78 Å². The lowest BCUT2D eigenvalue weighted by Gasteiger charge is -2.29. The second-order valence-electron chi connectivity index (χ2n) is 4.87. The highest BCUT2D eigenvalue weighted by molar-refractivity contribution is 7.13. The summed E-state index contributed by atoms with van der Waals surface area (Å²) in [5.41, 5.74) is 3.63. The molecule has 0 amide bonds. The molecule has 2 nitrogen and oxygen atoms in total. The van der Waals surface area contributed by atoms with Gasteiger partial charge in [0.25, 0.3) is 0 Å². The molecule has 0 spiro atoms. The third-order valence-corrected chi connectivity index (χ3v) is 4.66. The number of Topliss-reactive ketones (excluding diaryl/α,β-unsaturated/α-hetero) is 1. The van der Waals surface area contributed by atoms with Gasteiger partial charge in [-0.25, -0.2) is 4.98 Å². The van der Waals surface area contributed by atoms with Crippen LogP contribution in [0.4, 0.5) is 0 Å². The molecule has 18 heavy (non-hydrogen) atoms. The fraction of sp³-hybridized carbons (Fsp3) is 0.333. The Hall–Kier alpha value is -1.48. The van der Waals surface area contributed by atoms with Crippen molar-refractivity contribution in [3.8, 4) is 0 Å². The standard InChI is InChI=1S/C15H15NOS/c1-9-15(18-10(2)16-9)14(17)8-12-7-11-5-3-4-6-13(11)12/h3-6,12H,7-8H2,1-2H3. The summed E-state index contributed by atoms with van der Waals surface area (Å²) >= 11 is 1.52. The Bertz CT molecular complexity index is 615. The van der Waals surface area contributed by atoms with Gasteiger partial charge in [-0.1, -0.05) is 24.3 Å². The molecule has 1 atom stereocenters. The van der Waals surface area contributed by atoms with E-state index in [0.717, 1.165) is 22.0 Å². The highest BCUT2D eigenvalue weighted by Crippen LogP contribution is 2.38. The van der Waals surface area contributed by atoms with E-state index in [1.165, 1.54) is 22.5 Å². The van der Waals surface area contributed by atoms with Crippen molar-refractivity contribution in [1.29, 1.82) is 0 Å². The van der Waals surface area contributed by atoms with Crippen molar-refractivity contribution in [2.24, 2.45) is 0 Å². The first-order chi connectivity index (χ1) is 8.65. The fourth-order valence-electron chi connectivity index (χ4n) is 2.65. The molecule has 1 aliphatic rings. The molecular weight excluding hydrogens is 242 g/mol. The van der Waals surface area contributed by atoms with E-state index >= 15 is 0 Å². The summed E-state index contributed by atoms with van der Waals surface area (Å²) in [6.07, 6.45) is 1.66. The van der Waals surface area contributed by atoms with Gasteiger partial charge in [0, 0.05) is 6.42 Å². The molecule has 1 unspecified atom stereocenters. The zero-order chi connectivity index (χ0) is 12.7. The smallest absolute Gasteiger partial charge is 0.175 e. The maximum atomic E-state index is 12.3. The normalized spacial score (nSPS) is 17.1. The highest BCUT2D eigenvalue weighted by atomic mass is 32.1. The topological polar surface area (TPSA) is 30.0 Å². The molecule has 0 N–H and O–H groups in total. The third-order valence-electron chi connectivity index (χ3n) is 3.55. The summed E-state index contributed by atoms with van der Waals surface area (Å²) < 4.78 is 0. The average molecular weight is 257 g/mol. The molecular formula is C15H15NOS. The summed E-state index contributed by atoms with van der Waals surface area (Å²) in [5.74, 6) is 0.660. The minimum Gasteiger partial charge on any atom is -0.293 e. The van der Waals surface area contributed by atoms with Crippen LogP contribution in [-0.4, -0.2) is 10.8 Å². The van der Waals surface area contributed by atoms with Crippen LogP contribution in [0.2, 0.25) is 0 Å². The summed E-state index contributed by atoms with van der Waals surface area (Å²) in [6.45, 7) is 3.87. The Labute approximate surface area is 111 Å². The molecule has 1 aromatic heterocycles. The second kappa shape index (κ2) is 4.32. The molecule has 1 heterocycles. The van der Waals surface area contributed by atoms with Gasteiger partial charge in [0.1, 0.15) is 0 Å². The van der Waals surface area contributed by atoms with Crippen molar-refractivity contribution in [1.82, 2.24) is 4.98 Å². The Balaban J connectivity index is 1.76. The molecule has 3 rings (SSSR count). The van der Waals surface area contributed by atoms with E-state index < -0.39 is 0 Å². The summed E-state index contributed by atoms with van der Waals surface area (Å²) in [4.78, 5) is 17.4. The lowest BCUT2D eigenvalue weighted by Crippen LogP contribution is -2.20. The first-order valence-electron chi connectivity index (χ1n) is 6.20. The van der Waals surface area contributed by atoms with Gasteiger partial charge in [0.2, 0.25) is 0 Å². The van der Waals surface area contributed by atoms with E-state index in [4.69, 9.17) is 0 Å². The number of aryl methyl sites for hydroxylation is 2. The number of rotatable bonds is 3. The average Bonchev–Trinajstić information content (AvgIpc) is 2.65. The summed E-state index contributed by atoms with van der Waals surface area (Å²) in [6, 6.07) is 8.41. The number of benzene rings is 1. The molecule has 92 valence electrons. The maximum Gasteiger partial charge on any atom is 0.175 e. The SMILES string of the molecule is Cc1nc(C)c(C(=O)CC2Cc3ccccc32)s1. The molecule has 1 aliphatic carbocycles. The Kier molecular flexibility index (Phi) is 2.78. The van der Waals surface area contributed by atoms with E-state index in [1.807, 2.05) is 13.8 Å². The van der Waals surface area contributed by atoms with Gasteiger partial charge >= 0.3 is 0 Å². The van der Waals surface area contributed by atoms with Crippen LogP contribution >= 0.6 is 11.3 Å². The van der Waals surface area contributed by atoms with Crippen LogP contribution in [0.3, 0.4) is 0 Å². The van der Waals surface area contributed by atoms with Crippen LogP contribution in [0.1, 0.15) is 43.8 Å². The van der Waals surface area contributed by atoms with E-state index in [0.29, 0.717) is 12.3 Å². The zero-order valence-corrected chi connectivity index (χ0v) is 11.4. The van der Waals surface area contributed by atoms with Crippen molar-refractivity contribution in [2.45, 2.75) is 32.6 Å². The van der Waals surface area contributed by atoms with Gasteiger partial charge < -0.3 is 0 Å². The molecule has 2 aromatic rings. The van der Waals surface area contributed by atoms with Crippen LogP contribution in [0.25, 0.3) is 0 Å². The lowest BCUT2D eigenvalue weighted by atomic mass is 9.75. The summed E-state index contributed by atoms with van der Waals surface area (Å²) in [5, 5.41) is 0.977. The Morgan fingerprint density at radius 2 is 2.17 bits per heavy atom. The number of hydrogen-bond donors (Lipinski definition) is 0. The number of thiazole rings is 1. The highest BCUT2D eigenvalue weighted by Gasteiger charge is 2.28. The predicted molar refractivity (Wildman–Crippen MR) is 73.4 cm³/mol. The van der Waals surface area contributed by atoms with Gasteiger partial charge in [-0.05, 0) is 37.3 Å². The van der Waals surface area contributed by atoms with Gasteiger partial charge in [0.05, 0.1) is 15.6 Å². The van der Waals surface area contributed by atoms with E-state index in [9.17, 15) is 4.79 Å². The summed E-state index contributed by atoms with van der Waals surface area (Å²) in [7, 11) is 0. The maximum absolute atomic E-state index is 12.3. The molecule has 0 radical (unpaired) electrons. The largest absolute Gasteiger partial charge is 0.293 e. The third kappa shape index (κ3) is 1.89. The van der Waals surface area contributed by atoms with Gasteiger partial charge in [-0.15, -0.1) is 11.3 Å². The number of hydrogen-bond acceptors (Lipinski definition) is 3. The van der Waals surface area contributed by atoms with Crippen LogP contribution < -0.4 is 0 Å². The van der Waals surface area contributed by atoms with Gasteiger partial charge in [0.15, 0.2) is 5.78 Å². The monoisotopic (exact) mass is 257 g/mol. The number of nitrogens with zero attached hydrogens (tertiary/aromatic N) is 1. The van der Waals surface area contributed by atoms with Gasteiger partial charge in [-0.2, -0.15) is 0 Å². The number of carbonyl (C=O) groups excluding carboxylic acids is 1. The lowest BCUT2D eigenvalue weighted by molar-refractivity contribution is 0.0973. The minimum atomic E-state index is 0.248. The molecule has 0 aliphatic heterocycles. The predicted octanol–water partition coefficient (Wildman–Crippen LogP) is 3.67. The van der Waals surface area contributed by atoms with Crippen molar-refractivity contribution < 1.29 is 4.79 Å². The molecule has 0 saturated carbocycles. The fourth-order valence-corrected chi connectivity index (χ4v) is 3.52. The molecule has 0 fully saturated rings.